The van der Waals surface area contributed by atoms with Gasteiger partial charge < -0.3 is 15.2 Å². The van der Waals surface area contributed by atoms with Gasteiger partial charge in [0.1, 0.15) is 0 Å². The number of aromatic nitrogens is 2. The Morgan fingerprint density at radius 2 is 1.82 bits per heavy atom. The Kier molecular flexibility index (Phi) is 5.84. The van der Waals surface area contributed by atoms with E-state index in [1.54, 1.807) is 24.3 Å². The molecule has 0 aliphatic heterocycles. The lowest BCUT2D eigenvalue weighted by molar-refractivity contribution is -0.115. The third-order valence-corrected chi connectivity index (χ3v) is 4.46. The number of benzene rings is 2. The molecule has 0 bridgehead atoms. The van der Waals surface area contributed by atoms with Crippen LogP contribution in [0.5, 0.6) is 0 Å². The highest BCUT2D eigenvalue weighted by atomic mass is 16.5. The molecule has 0 radical (unpaired) electrons. The lowest BCUT2D eigenvalue weighted by Crippen LogP contribution is -2.33. The minimum atomic E-state index is -0.329. The van der Waals surface area contributed by atoms with Crippen molar-refractivity contribution in [2.24, 2.45) is 0 Å². The Morgan fingerprint density at radius 1 is 1.07 bits per heavy atom. The standard InChI is InChI=1S/C21H22N4O3/c1-4-19-24-20(25-28-19)15-8-10-16(11-9-15)21(27)22-12-18(26)23-17-7-5-6-13(2)14(17)3/h5-11H,4,12H2,1-3H3,(H,22,27)(H,23,26). The Bertz CT molecular complexity index is 993. The summed E-state index contributed by atoms with van der Waals surface area (Å²) in [5.41, 5.74) is 4.05. The fraction of sp³-hybridized carbons (Fsp3) is 0.238. The van der Waals surface area contributed by atoms with Gasteiger partial charge in [0.2, 0.25) is 17.6 Å². The smallest absolute Gasteiger partial charge is 0.251 e. The summed E-state index contributed by atoms with van der Waals surface area (Å²) in [5, 5.41) is 9.35. The fourth-order valence-electron chi connectivity index (χ4n) is 2.63. The van der Waals surface area contributed by atoms with Crippen molar-refractivity contribution in [3.63, 3.8) is 0 Å². The molecule has 144 valence electrons. The summed E-state index contributed by atoms with van der Waals surface area (Å²) in [6.45, 7) is 5.74. The first-order valence-corrected chi connectivity index (χ1v) is 9.05. The van der Waals surface area contributed by atoms with Gasteiger partial charge in [-0.25, -0.2) is 0 Å². The van der Waals surface area contributed by atoms with Gasteiger partial charge in [-0.15, -0.1) is 0 Å². The number of nitrogens with zero attached hydrogens (tertiary/aromatic N) is 2. The van der Waals surface area contributed by atoms with Crippen molar-refractivity contribution in [2.75, 3.05) is 11.9 Å². The first-order chi connectivity index (χ1) is 13.5. The van der Waals surface area contributed by atoms with Crippen molar-refractivity contribution < 1.29 is 14.1 Å². The Labute approximate surface area is 163 Å². The normalized spacial score (nSPS) is 10.5. The van der Waals surface area contributed by atoms with Crippen molar-refractivity contribution in [3.05, 3.63) is 65.0 Å². The van der Waals surface area contributed by atoms with Gasteiger partial charge in [0.05, 0.1) is 6.54 Å². The number of anilines is 1. The summed E-state index contributed by atoms with van der Waals surface area (Å²) in [5.74, 6) is 0.436. The molecule has 0 spiro atoms. The number of carbonyl (C=O) groups is 2. The Morgan fingerprint density at radius 3 is 2.50 bits per heavy atom. The van der Waals surface area contributed by atoms with Crippen molar-refractivity contribution in [1.29, 1.82) is 0 Å². The molecule has 7 nitrogen and oxygen atoms in total. The van der Waals surface area contributed by atoms with Crippen LogP contribution in [0.25, 0.3) is 11.4 Å². The lowest BCUT2D eigenvalue weighted by atomic mass is 10.1. The molecule has 0 unspecified atom stereocenters. The Hall–Kier alpha value is -3.48. The van der Waals surface area contributed by atoms with Gasteiger partial charge in [-0.05, 0) is 43.2 Å². The molecular formula is C21H22N4O3. The summed E-state index contributed by atoms with van der Waals surface area (Å²) in [7, 11) is 0. The minimum Gasteiger partial charge on any atom is -0.343 e. The quantitative estimate of drug-likeness (QED) is 0.686. The van der Waals surface area contributed by atoms with Gasteiger partial charge >= 0.3 is 0 Å². The average Bonchev–Trinajstić information content (AvgIpc) is 3.19. The van der Waals surface area contributed by atoms with Crippen molar-refractivity contribution in [3.8, 4) is 11.4 Å². The van der Waals surface area contributed by atoms with Crippen molar-refractivity contribution in [2.45, 2.75) is 27.2 Å². The van der Waals surface area contributed by atoms with Crippen LogP contribution in [0.4, 0.5) is 5.69 Å². The molecule has 0 aliphatic carbocycles. The van der Waals surface area contributed by atoms with Gasteiger partial charge in [0, 0.05) is 23.2 Å². The van der Waals surface area contributed by atoms with E-state index in [2.05, 4.69) is 20.8 Å². The van der Waals surface area contributed by atoms with E-state index in [1.165, 1.54) is 0 Å². The minimum absolute atomic E-state index is 0.112. The monoisotopic (exact) mass is 378 g/mol. The van der Waals surface area contributed by atoms with E-state index in [1.807, 2.05) is 39.0 Å². The molecule has 1 heterocycles. The molecule has 0 saturated heterocycles. The van der Waals surface area contributed by atoms with Crippen LogP contribution < -0.4 is 10.6 Å². The number of hydrogen-bond donors (Lipinski definition) is 2. The number of carbonyl (C=O) groups excluding carboxylic acids is 2. The summed E-state index contributed by atoms with van der Waals surface area (Å²) in [4.78, 5) is 28.7. The number of aryl methyl sites for hydroxylation is 2. The van der Waals surface area contributed by atoms with Crippen molar-refractivity contribution >= 4 is 17.5 Å². The average molecular weight is 378 g/mol. The molecule has 0 aliphatic rings. The molecule has 0 saturated carbocycles. The predicted octanol–water partition coefficient (Wildman–Crippen LogP) is 3.28. The van der Waals surface area contributed by atoms with E-state index >= 15 is 0 Å². The zero-order valence-corrected chi connectivity index (χ0v) is 16.1. The molecule has 0 atom stereocenters. The zero-order chi connectivity index (χ0) is 20.1. The fourth-order valence-corrected chi connectivity index (χ4v) is 2.63. The van der Waals surface area contributed by atoms with E-state index < -0.39 is 0 Å². The van der Waals surface area contributed by atoms with E-state index in [9.17, 15) is 9.59 Å². The summed E-state index contributed by atoms with van der Waals surface area (Å²) >= 11 is 0. The van der Waals surface area contributed by atoms with Gasteiger partial charge in [0.25, 0.3) is 5.91 Å². The van der Waals surface area contributed by atoms with E-state index in [-0.39, 0.29) is 18.4 Å². The second-order valence-corrected chi connectivity index (χ2v) is 6.42. The highest BCUT2D eigenvalue weighted by molar-refractivity contribution is 5.99. The summed E-state index contributed by atoms with van der Waals surface area (Å²) in [6, 6.07) is 12.5. The second kappa shape index (κ2) is 8.47. The number of amides is 2. The maximum atomic E-state index is 12.3. The van der Waals surface area contributed by atoms with Crippen molar-refractivity contribution in [1.82, 2.24) is 15.5 Å². The Balaban J connectivity index is 1.57. The zero-order valence-electron chi connectivity index (χ0n) is 16.1. The van der Waals surface area contributed by atoms with Crippen LogP contribution in [-0.2, 0) is 11.2 Å². The molecule has 0 fully saturated rings. The SMILES string of the molecule is CCc1nc(-c2ccc(C(=O)NCC(=O)Nc3cccc(C)c3C)cc2)no1. The van der Waals surface area contributed by atoms with Crippen LogP contribution in [0.3, 0.4) is 0 Å². The van der Waals surface area contributed by atoms with Crippen LogP contribution in [0, 0.1) is 13.8 Å². The topological polar surface area (TPSA) is 97.1 Å². The van der Waals surface area contributed by atoms with Gasteiger partial charge in [-0.1, -0.05) is 36.3 Å². The largest absolute Gasteiger partial charge is 0.343 e. The van der Waals surface area contributed by atoms with E-state index in [0.29, 0.717) is 23.7 Å². The molecule has 3 rings (SSSR count). The molecule has 2 aromatic carbocycles. The number of rotatable bonds is 6. The maximum Gasteiger partial charge on any atom is 0.251 e. The highest BCUT2D eigenvalue weighted by Crippen LogP contribution is 2.18. The van der Waals surface area contributed by atoms with Gasteiger partial charge in [-0.3, -0.25) is 9.59 Å². The summed E-state index contributed by atoms with van der Waals surface area (Å²) < 4.78 is 5.09. The lowest BCUT2D eigenvalue weighted by Gasteiger charge is -2.11. The predicted molar refractivity (Wildman–Crippen MR) is 106 cm³/mol. The van der Waals surface area contributed by atoms with Gasteiger partial charge in [-0.2, -0.15) is 4.98 Å². The highest BCUT2D eigenvalue weighted by Gasteiger charge is 2.11. The first-order valence-electron chi connectivity index (χ1n) is 9.05. The molecule has 2 N–H and O–H groups in total. The van der Waals surface area contributed by atoms with E-state index in [4.69, 9.17) is 4.52 Å². The molecular weight excluding hydrogens is 356 g/mol. The molecule has 7 heteroatoms. The van der Waals surface area contributed by atoms with Crippen LogP contribution in [0.1, 0.15) is 34.3 Å². The third kappa shape index (κ3) is 4.43. The summed E-state index contributed by atoms with van der Waals surface area (Å²) in [6.07, 6.45) is 0.664. The molecule has 28 heavy (non-hydrogen) atoms. The second-order valence-electron chi connectivity index (χ2n) is 6.42. The van der Waals surface area contributed by atoms with Gasteiger partial charge in [0.15, 0.2) is 0 Å². The molecule has 3 aromatic rings. The molecule has 1 aromatic heterocycles. The number of nitrogens with one attached hydrogen (secondary N) is 2. The maximum absolute atomic E-state index is 12.3. The van der Waals surface area contributed by atoms with Crippen LogP contribution in [-0.4, -0.2) is 28.5 Å². The molecule has 2 amide bonds. The van der Waals surface area contributed by atoms with Crippen LogP contribution in [0.2, 0.25) is 0 Å². The first kappa shape index (κ1) is 19.3. The van der Waals surface area contributed by atoms with Crippen LogP contribution >= 0.6 is 0 Å². The third-order valence-electron chi connectivity index (χ3n) is 4.46. The van der Waals surface area contributed by atoms with Crippen LogP contribution in [0.15, 0.2) is 47.0 Å². The number of hydrogen-bond acceptors (Lipinski definition) is 5. The van der Waals surface area contributed by atoms with E-state index in [0.717, 1.165) is 22.4 Å².